The predicted octanol–water partition coefficient (Wildman–Crippen LogP) is 4.28. The Kier molecular flexibility index (Phi) is 3.97. The van der Waals surface area contributed by atoms with Gasteiger partial charge in [-0.15, -0.1) is 0 Å². The van der Waals surface area contributed by atoms with Crippen LogP contribution in [0.2, 0.25) is 5.02 Å². The summed E-state index contributed by atoms with van der Waals surface area (Å²) in [5.74, 6) is 0.817. The van der Waals surface area contributed by atoms with Crippen LogP contribution in [0.5, 0.6) is 0 Å². The van der Waals surface area contributed by atoms with Crippen molar-refractivity contribution in [3.8, 4) is 11.3 Å². The van der Waals surface area contributed by atoms with Gasteiger partial charge in [0.15, 0.2) is 4.96 Å². The number of benzene rings is 2. The van der Waals surface area contributed by atoms with Crippen LogP contribution in [0.4, 0.5) is 5.69 Å². The van der Waals surface area contributed by atoms with Crippen molar-refractivity contribution in [3.05, 3.63) is 90.4 Å². The highest BCUT2D eigenvalue weighted by molar-refractivity contribution is 7.15. The zero-order valence-electron chi connectivity index (χ0n) is 14.5. The van der Waals surface area contributed by atoms with Gasteiger partial charge in [-0.25, -0.2) is 9.38 Å². The van der Waals surface area contributed by atoms with Gasteiger partial charge in [0.2, 0.25) is 0 Å². The molecule has 29 heavy (non-hydrogen) atoms. The van der Waals surface area contributed by atoms with E-state index in [4.69, 9.17) is 16.0 Å². The molecule has 3 aromatic heterocycles. The largest absolute Gasteiger partial charge is 0.457 e. The second kappa shape index (κ2) is 6.54. The van der Waals surface area contributed by atoms with Gasteiger partial charge in [0.05, 0.1) is 21.0 Å². The molecule has 0 N–H and O–H groups in total. The zero-order chi connectivity index (χ0) is 20.1. The average Bonchev–Trinajstić information content (AvgIpc) is 3.38. The highest BCUT2D eigenvalue weighted by atomic mass is 35.5. The van der Waals surface area contributed by atoms with Crippen LogP contribution in [0.25, 0.3) is 33.4 Å². The fourth-order valence-electron chi connectivity index (χ4n) is 3.13. The number of furan rings is 1. The number of nitro groups is 1. The maximum Gasteiger partial charge on any atom is 0.275 e. The van der Waals surface area contributed by atoms with Crippen molar-refractivity contribution in [2.24, 2.45) is 0 Å². The van der Waals surface area contributed by atoms with Crippen LogP contribution in [0.1, 0.15) is 5.76 Å². The lowest BCUT2D eigenvalue weighted by molar-refractivity contribution is -0.384. The second-order valence-electron chi connectivity index (χ2n) is 6.26. The van der Waals surface area contributed by atoms with E-state index >= 15 is 0 Å². The number of hydrogen-bond donors (Lipinski definition) is 0. The summed E-state index contributed by atoms with van der Waals surface area (Å²) in [5.41, 5.74) is 1.68. The van der Waals surface area contributed by atoms with E-state index in [1.807, 2.05) is 24.3 Å². The van der Waals surface area contributed by atoms with Gasteiger partial charge < -0.3 is 4.42 Å². The Morgan fingerprint density at radius 1 is 1.17 bits per heavy atom. The van der Waals surface area contributed by atoms with Crippen LogP contribution in [0.15, 0.2) is 63.8 Å². The number of rotatable bonds is 3. The Morgan fingerprint density at radius 3 is 2.83 bits per heavy atom. The van der Waals surface area contributed by atoms with Crippen LogP contribution >= 0.6 is 22.9 Å². The van der Waals surface area contributed by atoms with E-state index < -0.39 is 4.92 Å². The van der Waals surface area contributed by atoms with Crippen molar-refractivity contribution in [2.75, 3.05) is 0 Å². The van der Waals surface area contributed by atoms with Gasteiger partial charge in [0.1, 0.15) is 16.1 Å². The summed E-state index contributed by atoms with van der Waals surface area (Å²) in [5, 5.41) is 11.4. The highest BCUT2D eigenvalue weighted by Crippen LogP contribution is 2.32. The quantitative estimate of drug-likeness (QED) is 0.319. The van der Waals surface area contributed by atoms with E-state index in [9.17, 15) is 14.9 Å². The number of nitrogens with zero attached hydrogens (tertiary/aromatic N) is 3. The molecule has 5 rings (SSSR count). The molecule has 0 amide bonds. The maximum atomic E-state index is 12.8. The monoisotopic (exact) mass is 423 g/mol. The molecule has 0 fully saturated rings. The number of nitro benzene ring substituents is 1. The topological polar surface area (TPSA) is 90.6 Å². The van der Waals surface area contributed by atoms with Gasteiger partial charge in [0, 0.05) is 23.8 Å². The van der Waals surface area contributed by atoms with Crippen LogP contribution < -0.4 is 10.1 Å². The van der Waals surface area contributed by atoms with Crippen LogP contribution in [0.3, 0.4) is 0 Å². The lowest BCUT2D eigenvalue weighted by atomic mass is 10.1. The molecule has 0 unspecified atom stereocenters. The third-order valence-corrected chi connectivity index (χ3v) is 5.77. The third kappa shape index (κ3) is 2.89. The molecule has 5 aromatic rings. The lowest BCUT2D eigenvalue weighted by Crippen LogP contribution is -2.22. The van der Waals surface area contributed by atoms with Crippen LogP contribution in [-0.2, 0) is 0 Å². The molecule has 7 nitrogen and oxygen atoms in total. The van der Waals surface area contributed by atoms with E-state index in [-0.39, 0.29) is 11.2 Å². The van der Waals surface area contributed by atoms with Gasteiger partial charge in [-0.1, -0.05) is 35.1 Å². The molecule has 0 saturated heterocycles. The number of halogens is 1. The molecular formula is C20H10ClN3O4S. The Bertz CT molecular complexity index is 1530. The zero-order valence-corrected chi connectivity index (χ0v) is 16.1. The number of hydrogen-bond acceptors (Lipinski definition) is 6. The summed E-state index contributed by atoms with van der Waals surface area (Å²) in [4.78, 5) is 28.4. The smallest absolute Gasteiger partial charge is 0.275 e. The number of thiazole rings is 1. The van der Waals surface area contributed by atoms with E-state index in [1.54, 1.807) is 22.6 Å². The summed E-state index contributed by atoms with van der Waals surface area (Å²) in [7, 11) is 0. The lowest BCUT2D eigenvalue weighted by Gasteiger charge is -2.00. The molecule has 0 radical (unpaired) electrons. The summed E-state index contributed by atoms with van der Waals surface area (Å²) in [6.07, 6.45) is 1.63. The predicted molar refractivity (Wildman–Crippen MR) is 111 cm³/mol. The molecule has 0 bridgehead atoms. The van der Waals surface area contributed by atoms with Gasteiger partial charge in [-0.2, -0.15) is 0 Å². The summed E-state index contributed by atoms with van der Waals surface area (Å²) in [6, 6.07) is 14.9. The molecule has 2 aromatic carbocycles. The van der Waals surface area contributed by atoms with Crippen molar-refractivity contribution < 1.29 is 9.34 Å². The minimum Gasteiger partial charge on any atom is -0.457 e. The van der Waals surface area contributed by atoms with Gasteiger partial charge in [-0.05, 0) is 30.3 Å². The van der Waals surface area contributed by atoms with E-state index in [2.05, 4.69) is 4.98 Å². The number of non-ortho nitro benzene ring substituents is 1. The molecule has 0 atom stereocenters. The fourth-order valence-corrected chi connectivity index (χ4v) is 4.31. The van der Waals surface area contributed by atoms with Crippen LogP contribution in [-0.4, -0.2) is 14.3 Å². The molecule has 0 spiro atoms. The Labute approximate surface area is 171 Å². The first-order valence-electron chi connectivity index (χ1n) is 8.47. The summed E-state index contributed by atoms with van der Waals surface area (Å²) in [6.45, 7) is 0. The first-order chi connectivity index (χ1) is 14.0. The van der Waals surface area contributed by atoms with Crippen molar-refractivity contribution in [3.63, 3.8) is 0 Å². The standard InChI is InChI=1S/C20H10ClN3O4S/c21-14-7-5-11(24(26)27)9-13(14)17-8-6-12(28-17)10-18-19(25)23-16-4-2-1-3-15(16)22-20(23)29-18/h1-10H. The van der Waals surface area contributed by atoms with E-state index in [1.165, 1.54) is 29.5 Å². The van der Waals surface area contributed by atoms with Crippen molar-refractivity contribution in [1.29, 1.82) is 0 Å². The van der Waals surface area contributed by atoms with Gasteiger partial charge in [0.25, 0.3) is 11.2 Å². The first kappa shape index (κ1) is 17.6. The van der Waals surface area contributed by atoms with Crippen molar-refractivity contribution in [2.45, 2.75) is 0 Å². The first-order valence-corrected chi connectivity index (χ1v) is 9.66. The van der Waals surface area contributed by atoms with Crippen molar-refractivity contribution in [1.82, 2.24) is 9.38 Å². The number of aromatic nitrogens is 2. The SMILES string of the molecule is O=c1c(=Cc2ccc(-c3cc([N+](=O)[O-])ccc3Cl)o2)sc2nc3ccccc3n12. The normalized spacial score (nSPS) is 12.2. The number of fused-ring (bicyclic) bond motifs is 3. The van der Waals surface area contributed by atoms with Gasteiger partial charge in [-0.3, -0.25) is 14.9 Å². The Balaban J connectivity index is 1.61. The highest BCUT2D eigenvalue weighted by Gasteiger charge is 2.15. The molecule has 0 aliphatic carbocycles. The van der Waals surface area contributed by atoms with Crippen LogP contribution in [0, 0.1) is 10.1 Å². The molecule has 3 heterocycles. The minimum absolute atomic E-state index is 0.0838. The minimum atomic E-state index is -0.495. The van der Waals surface area contributed by atoms with E-state index in [0.717, 1.165) is 11.0 Å². The van der Waals surface area contributed by atoms with Gasteiger partial charge >= 0.3 is 0 Å². The molecular weight excluding hydrogens is 414 g/mol. The molecule has 0 aliphatic heterocycles. The summed E-state index contributed by atoms with van der Waals surface area (Å²) >= 11 is 7.44. The second-order valence-corrected chi connectivity index (χ2v) is 7.67. The molecule has 142 valence electrons. The Morgan fingerprint density at radius 2 is 2.00 bits per heavy atom. The molecule has 0 aliphatic rings. The number of imidazole rings is 1. The molecule has 0 saturated carbocycles. The third-order valence-electron chi connectivity index (χ3n) is 4.47. The molecule has 9 heteroatoms. The Hall–Kier alpha value is -3.49. The van der Waals surface area contributed by atoms with Crippen molar-refractivity contribution >= 4 is 50.7 Å². The number of para-hydroxylation sites is 2. The summed E-state index contributed by atoms with van der Waals surface area (Å²) < 4.78 is 7.83. The van der Waals surface area contributed by atoms with E-state index in [0.29, 0.717) is 31.6 Å². The maximum absolute atomic E-state index is 12.8. The fraction of sp³-hybridized carbons (Fsp3) is 0. The average molecular weight is 424 g/mol.